The van der Waals surface area contributed by atoms with E-state index in [1.165, 1.54) is 6.26 Å². The number of hydrogen-bond acceptors (Lipinski definition) is 9. The molecule has 0 bridgehead atoms. The molecule has 11 heteroatoms. The summed E-state index contributed by atoms with van der Waals surface area (Å²) in [7, 11) is -1.44. The minimum atomic E-state index is -3.13. The Hall–Kier alpha value is -3.46. The Bertz CT molecular complexity index is 1570. The van der Waals surface area contributed by atoms with Gasteiger partial charge in [0.1, 0.15) is 17.4 Å². The Balaban J connectivity index is 1.37. The van der Waals surface area contributed by atoms with E-state index in [1.807, 2.05) is 38.1 Å². The first-order chi connectivity index (χ1) is 19.6. The van der Waals surface area contributed by atoms with Gasteiger partial charge in [0.2, 0.25) is 10.0 Å². The number of sulfonamides is 1. The highest BCUT2D eigenvalue weighted by Crippen LogP contribution is 2.38. The number of anilines is 2. The van der Waals surface area contributed by atoms with Crippen LogP contribution in [0.1, 0.15) is 48.3 Å². The van der Waals surface area contributed by atoms with Gasteiger partial charge in [-0.05, 0) is 56.9 Å². The van der Waals surface area contributed by atoms with E-state index in [-0.39, 0.29) is 6.04 Å². The molecule has 0 spiro atoms. The lowest BCUT2D eigenvalue weighted by molar-refractivity contribution is 0.120. The molecule has 3 heterocycles. The van der Waals surface area contributed by atoms with Gasteiger partial charge in [-0.25, -0.2) is 18.4 Å². The lowest BCUT2D eigenvalue weighted by atomic mass is 9.98. The molecule has 0 unspecified atom stereocenters. The van der Waals surface area contributed by atoms with Crippen molar-refractivity contribution in [1.82, 2.24) is 19.2 Å². The van der Waals surface area contributed by atoms with Gasteiger partial charge in [-0.15, -0.1) is 0 Å². The number of aryl methyl sites for hydroxylation is 1. The molecule has 2 aromatic carbocycles. The highest BCUT2D eigenvalue weighted by atomic mass is 32.2. The number of fused-ring (bicyclic) bond motifs is 1. The molecule has 10 nitrogen and oxygen atoms in total. The maximum atomic E-state index is 11.9. The molecule has 2 fully saturated rings. The van der Waals surface area contributed by atoms with Crippen molar-refractivity contribution in [2.24, 2.45) is 0 Å². The van der Waals surface area contributed by atoms with Crippen molar-refractivity contribution in [3.63, 3.8) is 0 Å². The number of nitrogens with one attached hydrogen (secondary N) is 1. The zero-order valence-corrected chi connectivity index (χ0v) is 25.3. The molecular weight excluding hydrogens is 538 g/mol. The average molecular weight is 578 g/mol. The van der Waals surface area contributed by atoms with Crippen LogP contribution >= 0.6 is 0 Å². The molecule has 0 amide bonds. The van der Waals surface area contributed by atoms with Crippen LogP contribution in [-0.2, 0) is 10.0 Å². The summed E-state index contributed by atoms with van der Waals surface area (Å²) in [6, 6.07) is 12.6. The minimum absolute atomic E-state index is 0.0646. The zero-order chi connectivity index (χ0) is 29.3. The van der Waals surface area contributed by atoms with Crippen LogP contribution in [-0.4, -0.2) is 86.3 Å². The monoisotopic (exact) mass is 577 g/mol. The Morgan fingerprint density at radius 1 is 1.07 bits per heavy atom. The summed E-state index contributed by atoms with van der Waals surface area (Å²) in [6.07, 6.45) is 3.29. The molecular formula is C30H39N7O3S. The quantitative estimate of drug-likeness (QED) is 0.447. The van der Waals surface area contributed by atoms with Crippen molar-refractivity contribution in [3.8, 4) is 11.8 Å². The summed E-state index contributed by atoms with van der Waals surface area (Å²) in [4.78, 5) is 14.3. The first kappa shape index (κ1) is 29.0. The Labute approximate surface area is 243 Å². The summed E-state index contributed by atoms with van der Waals surface area (Å²) in [5, 5.41) is 14.0. The fourth-order valence-corrected chi connectivity index (χ4v) is 7.01. The van der Waals surface area contributed by atoms with Gasteiger partial charge in [0.25, 0.3) is 0 Å². The summed E-state index contributed by atoms with van der Waals surface area (Å²) in [6.45, 7) is 10.4. The number of rotatable bonds is 7. The maximum Gasteiger partial charge on any atom is 0.211 e. The molecule has 1 aromatic heterocycles. The van der Waals surface area contributed by atoms with Crippen molar-refractivity contribution in [2.45, 2.75) is 45.7 Å². The molecule has 2 aliphatic heterocycles. The van der Waals surface area contributed by atoms with Crippen LogP contribution in [0, 0.1) is 25.2 Å². The smallest absolute Gasteiger partial charge is 0.211 e. The van der Waals surface area contributed by atoms with Gasteiger partial charge in [-0.3, -0.25) is 4.90 Å². The lowest BCUT2D eigenvalue weighted by Crippen LogP contribution is -2.54. The number of methoxy groups -OCH3 is 1. The molecule has 41 heavy (non-hydrogen) atoms. The molecule has 2 aliphatic rings. The van der Waals surface area contributed by atoms with Gasteiger partial charge in [0.05, 0.1) is 42.2 Å². The van der Waals surface area contributed by atoms with Crippen molar-refractivity contribution in [1.29, 1.82) is 5.26 Å². The second-order valence-corrected chi connectivity index (χ2v) is 13.1. The van der Waals surface area contributed by atoms with Crippen LogP contribution in [0.15, 0.2) is 30.3 Å². The molecule has 0 saturated carbocycles. The Kier molecular flexibility index (Phi) is 8.36. The number of piperidine rings is 1. The predicted molar refractivity (Wildman–Crippen MR) is 162 cm³/mol. The fraction of sp³-hybridized carbons (Fsp3) is 0.500. The highest BCUT2D eigenvalue weighted by molar-refractivity contribution is 7.88. The van der Waals surface area contributed by atoms with E-state index in [2.05, 4.69) is 34.2 Å². The van der Waals surface area contributed by atoms with Gasteiger partial charge in [-0.2, -0.15) is 9.57 Å². The number of nitriles is 1. The van der Waals surface area contributed by atoms with E-state index in [0.717, 1.165) is 78.3 Å². The standard InChI is InChI=1S/C30H39N7O3S/c1-20-23(19-31)7-6-8-25(20)21(2)32-30-26-17-28(29(40-4)18-27(26)33-22(3)34-30)36-11-9-24(10-12-36)35-13-15-37(16-14-35)41(5,38)39/h6-8,17-18,21,24H,9-16H2,1-5H3,(H,32,33,34)/t21-/m1/s1. The van der Waals surface area contributed by atoms with Crippen LogP contribution in [0.25, 0.3) is 10.9 Å². The van der Waals surface area contributed by atoms with Crippen molar-refractivity contribution < 1.29 is 13.2 Å². The summed E-state index contributed by atoms with van der Waals surface area (Å²) in [5.74, 6) is 2.21. The van der Waals surface area contributed by atoms with Crippen LogP contribution in [0.5, 0.6) is 5.75 Å². The molecule has 0 radical (unpaired) electrons. The first-order valence-corrected chi connectivity index (χ1v) is 16.0. The van der Waals surface area contributed by atoms with Crippen LogP contribution in [0.2, 0.25) is 0 Å². The molecule has 3 aromatic rings. The third-order valence-electron chi connectivity index (χ3n) is 8.49. The second-order valence-electron chi connectivity index (χ2n) is 11.1. The lowest BCUT2D eigenvalue weighted by Gasteiger charge is -2.43. The molecule has 218 valence electrons. The predicted octanol–water partition coefficient (Wildman–Crippen LogP) is 3.85. The summed E-state index contributed by atoms with van der Waals surface area (Å²) in [5.41, 5.74) is 4.53. The van der Waals surface area contributed by atoms with Crippen LogP contribution in [0.3, 0.4) is 0 Å². The molecule has 1 N–H and O–H groups in total. The molecule has 0 aliphatic carbocycles. The third-order valence-corrected chi connectivity index (χ3v) is 9.79. The zero-order valence-electron chi connectivity index (χ0n) is 24.5. The van der Waals surface area contributed by atoms with E-state index in [1.54, 1.807) is 11.4 Å². The molecule has 1 atom stereocenters. The normalized spacial score (nSPS) is 18.3. The first-order valence-electron chi connectivity index (χ1n) is 14.2. The highest BCUT2D eigenvalue weighted by Gasteiger charge is 2.31. The maximum absolute atomic E-state index is 11.9. The van der Waals surface area contributed by atoms with E-state index < -0.39 is 10.0 Å². The number of hydrogen-bond donors (Lipinski definition) is 1. The van der Waals surface area contributed by atoms with E-state index in [4.69, 9.17) is 14.7 Å². The number of piperazine rings is 1. The van der Waals surface area contributed by atoms with E-state index >= 15 is 0 Å². The van der Waals surface area contributed by atoms with Gasteiger partial charge in [-0.1, -0.05) is 12.1 Å². The van der Waals surface area contributed by atoms with Gasteiger partial charge in [0, 0.05) is 56.8 Å². The van der Waals surface area contributed by atoms with Crippen molar-refractivity contribution in [3.05, 3.63) is 52.8 Å². The van der Waals surface area contributed by atoms with Gasteiger partial charge in [0.15, 0.2) is 0 Å². The second kappa shape index (κ2) is 11.8. The third kappa shape index (κ3) is 6.10. The number of benzene rings is 2. The minimum Gasteiger partial charge on any atom is -0.495 e. The largest absolute Gasteiger partial charge is 0.495 e. The van der Waals surface area contributed by atoms with Crippen LogP contribution < -0.4 is 15.0 Å². The SMILES string of the molecule is COc1cc2nc(C)nc(N[C@H](C)c3cccc(C#N)c3C)c2cc1N1CCC(N2CCN(S(C)(=O)=O)CC2)CC1. The van der Waals surface area contributed by atoms with E-state index in [9.17, 15) is 13.7 Å². The number of nitrogens with zero attached hydrogens (tertiary/aromatic N) is 6. The van der Waals surface area contributed by atoms with E-state index in [0.29, 0.717) is 30.5 Å². The Morgan fingerprint density at radius 2 is 1.78 bits per heavy atom. The van der Waals surface area contributed by atoms with Gasteiger partial charge < -0.3 is 15.0 Å². The van der Waals surface area contributed by atoms with Gasteiger partial charge >= 0.3 is 0 Å². The van der Waals surface area contributed by atoms with Crippen LogP contribution in [0.4, 0.5) is 11.5 Å². The average Bonchev–Trinajstić information content (AvgIpc) is 2.96. The molecule has 5 rings (SSSR count). The number of ether oxygens (including phenoxy) is 1. The summed E-state index contributed by atoms with van der Waals surface area (Å²) >= 11 is 0. The van der Waals surface area contributed by atoms with Crippen molar-refractivity contribution >= 4 is 32.4 Å². The number of aromatic nitrogens is 2. The fourth-order valence-electron chi connectivity index (χ4n) is 6.18. The Morgan fingerprint density at radius 3 is 2.41 bits per heavy atom. The summed E-state index contributed by atoms with van der Waals surface area (Å²) < 4.78 is 31.2. The topological polar surface area (TPSA) is 115 Å². The molecule has 2 saturated heterocycles. The van der Waals surface area contributed by atoms with Crippen molar-refractivity contribution in [2.75, 3.05) is 62.9 Å².